The SMILES string of the molecule is CC(C)n1cc(C2(C)C=Nc3nc(-c4nc(CCCC(F)(F)F)nc5c4cnn5C)nc(N)c32)nn1. The number of hydrogen-bond acceptors (Lipinski definition) is 9. The standard InChI is InChI=1S/C22H24F3N11/c1-11(2)36-9-13(33-34-36)21(3)10-27-18-15(21)17(26)31-19(32-18)16-12-8-28-35(4)20(12)30-14(29-16)6-5-7-22(23,24)25/h8-11H,5-7H2,1-4H3,(H2,26,31,32). The van der Waals surface area contributed by atoms with Crippen LogP contribution < -0.4 is 5.73 Å². The number of fused-ring (bicyclic) bond motifs is 2. The second kappa shape index (κ2) is 8.31. The zero-order valence-electron chi connectivity index (χ0n) is 20.1. The first-order valence-corrected chi connectivity index (χ1v) is 11.4. The van der Waals surface area contributed by atoms with E-state index in [9.17, 15) is 13.2 Å². The molecule has 5 rings (SSSR count). The molecule has 188 valence electrons. The second-order valence-corrected chi connectivity index (χ2v) is 9.23. The molecule has 0 amide bonds. The van der Waals surface area contributed by atoms with E-state index in [0.717, 1.165) is 0 Å². The van der Waals surface area contributed by atoms with Gasteiger partial charge >= 0.3 is 6.18 Å². The largest absolute Gasteiger partial charge is 0.389 e. The van der Waals surface area contributed by atoms with Crippen molar-refractivity contribution < 1.29 is 13.2 Å². The van der Waals surface area contributed by atoms with Gasteiger partial charge in [0, 0.05) is 32.1 Å². The fraction of sp³-hybridized carbons (Fsp3) is 0.455. The molecule has 5 heterocycles. The summed E-state index contributed by atoms with van der Waals surface area (Å²) in [4.78, 5) is 22.5. The van der Waals surface area contributed by atoms with E-state index < -0.39 is 18.0 Å². The highest BCUT2D eigenvalue weighted by Crippen LogP contribution is 2.43. The summed E-state index contributed by atoms with van der Waals surface area (Å²) in [6, 6.07) is 0.133. The fourth-order valence-electron chi connectivity index (χ4n) is 4.18. The molecule has 0 saturated carbocycles. The van der Waals surface area contributed by atoms with Gasteiger partial charge in [0.1, 0.15) is 17.3 Å². The minimum atomic E-state index is -4.25. The Morgan fingerprint density at radius 2 is 1.92 bits per heavy atom. The lowest BCUT2D eigenvalue weighted by atomic mass is 9.83. The van der Waals surface area contributed by atoms with Crippen LogP contribution in [0.25, 0.3) is 22.6 Å². The number of rotatable bonds is 6. The summed E-state index contributed by atoms with van der Waals surface area (Å²) in [6.07, 6.45) is -0.156. The number of nitrogens with zero attached hydrogens (tertiary/aromatic N) is 10. The molecule has 1 unspecified atom stereocenters. The first-order chi connectivity index (χ1) is 17.0. The number of hydrogen-bond donors (Lipinski definition) is 1. The Morgan fingerprint density at radius 3 is 2.61 bits per heavy atom. The third-order valence-corrected chi connectivity index (χ3v) is 6.16. The predicted molar refractivity (Wildman–Crippen MR) is 126 cm³/mol. The maximum Gasteiger partial charge on any atom is 0.389 e. The molecule has 0 aliphatic carbocycles. The van der Waals surface area contributed by atoms with Gasteiger partial charge in [-0.25, -0.2) is 29.6 Å². The van der Waals surface area contributed by atoms with E-state index >= 15 is 0 Å². The van der Waals surface area contributed by atoms with E-state index in [1.54, 1.807) is 24.1 Å². The lowest BCUT2D eigenvalue weighted by Gasteiger charge is -2.20. The smallest absolute Gasteiger partial charge is 0.383 e. The van der Waals surface area contributed by atoms with Crippen LogP contribution in [-0.4, -0.2) is 57.1 Å². The van der Waals surface area contributed by atoms with Gasteiger partial charge < -0.3 is 5.73 Å². The van der Waals surface area contributed by atoms with Crippen molar-refractivity contribution in [2.24, 2.45) is 12.0 Å². The van der Waals surface area contributed by atoms with E-state index in [0.29, 0.717) is 33.8 Å². The van der Waals surface area contributed by atoms with E-state index in [2.05, 4.69) is 40.3 Å². The number of aliphatic imine (C=N–C) groups is 1. The van der Waals surface area contributed by atoms with Crippen molar-refractivity contribution in [3.63, 3.8) is 0 Å². The van der Waals surface area contributed by atoms with E-state index in [4.69, 9.17) is 5.73 Å². The fourth-order valence-corrected chi connectivity index (χ4v) is 4.18. The van der Waals surface area contributed by atoms with E-state index in [-0.39, 0.29) is 36.4 Å². The maximum atomic E-state index is 12.7. The van der Waals surface area contributed by atoms with E-state index in [1.165, 1.54) is 4.68 Å². The van der Waals surface area contributed by atoms with Gasteiger partial charge in [-0.1, -0.05) is 5.21 Å². The van der Waals surface area contributed by atoms with Gasteiger partial charge in [-0.05, 0) is 27.2 Å². The number of nitrogens with two attached hydrogens (primary N) is 1. The zero-order chi connectivity index (χ0) is 25.8. The first kappa shape index (κ1) is 23.8. The minimum absolute atomic E-state index is 0.0375. The average molecular weight is 500 g/mol. The topological polar surface area (TPSA) is 138 Å². The number of anilines is 1. The van der Waals surface area contributed by atoms with Crippen molar-refractivity contribution in [2.75, 3.05) is 5.73 Å². The van der Waals surface area contributed by atoms with Crippen LogP contribution in [0.3, 0.4) is 0 Å². The van der Waals surface area contributed by atoms with Crippen LogP contribution in [0.1, 0.15) is 56.7 Å². The molecular formula is C22H24F3N11. The van der Waals surface area contributed by atoms with Crippen molar-refractivity contribution in [3.8, 4) is 11.5 Å². The second-order valence-electron chi connectivity index (χ2n) is 9.23. The molecule has 0 spiro atoms. The first-order valence-electron chi connectivity index (χ1n) is 11.4. The molecule has 1 aliphatic rings. The van der Waals surface area contributed by atoms with Gasteiger partial charge in [-0.2, -0.15) is 18.3 Å². The molecule has 0 radical (unpaired) electrons. The quantitative estimate of drug-likeness (QED) is 0.425. The molecule has 14 heteroatoms. The van der Waals surface area contributed by atoms with Crippen LogP contribution in [-0.2, 0) is 18.9 Å². The summed E-state index contributed by atoms with van der Waals surface area (Å²) in [5.41, 5.74) is 7.71. The number of nitrogen functional groups attached to an aromatic ring is 1. The molecule has 0 bridgehead atoms. The van der Waals surface area contributed by atoms with Crippen molar-refractivity contribution in [2.45, 2.75) is 57.7 Å². The van der Waals surface area contributed by atoms with Gasteiger partial charge in [0.05, 0.1) is 34.5 Å². The Morgan fingerprint density at radius 1 is 1.14 bits per heavy atom. The van der Waals surface area contributed by atoms with Crippen molar-refractivity contribution >= 4 is 28.9 Å². The Kier molecular flexibility index (Phi) is 5.48. The number of aryl methyl sites for hydroxylation is 2. The molecule has 4 aromatic rings. The number of alkyl halides is 3. The van der Waals surface area contributed by atoms with Gasteiger partial charge in [-0.3, -0.25) is 4.68 Å². The molecule has 11 nitrogen and oxygen atoms in total. The lowest BCUT2D eigenvalue weighted by Crippen LogP contribution is -2.25. The summed E-state index contributed by atoms with van der Waals surface area (Å²) in [7, 11) is 1.69. The molecule has 36 heavy (non-hydrogen) atoms. The highest BCUT2D eigenvalue weighted by atomic mass is 19.4. The monoisotopic (exact) mass is 499 g/mol. The van der Waals surface area contributed by atoms with Crippen LogP contribution in [0.2, 0.25) is 0 Å². The van der Waals surface area contributed by atoms with Crippen LogP contribution >= 0.6 is 0 Å². The average Bonchev–Trinajstić information content (AvgIpc) is 3.51. The van der Waals surface area contributed by atoms with E-state index in [1.807, 2.05) is 27.0 Å². The number of halogens is 3. The third-order valence-electron chi connectivity index (χ3n) is 6.16. The summed E-state index contributed by atoms with van der Waals surface area (Å²) < 4.78 is 41.2. The predicted octanol–water partition coefficient (Wildman–Crippen LogP) is 3.48. The van der Waals surface area contributed by atoms with Crippen LogP contribution in [0.5, 0.6) is 0 Å². The van der Waals surface area contributed by atoms with Crippen LogP contribution in [0.4, 0.5) is 24.8 Å². The van der Waals surface area contributed by atoms with Crippen molar-refractivity contribution in [1.29, 1.82) is 0 Å². The summed E-state index contributed by atoms with van der Waals surface area (Å²) in [5.74, 6) is 0.999. The van der Waals surface area contributed by atoms with Gasteiger partial charge in [0.15, 0.2) is 17.3 Å². The zero-order valence-corrected chi connectivity index (χ0v) is 20.1. The van der Waals surface area contributed by atoms with Crippen molar-refractivity contribution in [1.82, 2.24) is 44.7 Å². The Labute approximate surface area is 203 Å². The molecule has 1 atom stereocenters. The van der Waals surface area contributed by atoms with Crippen molar-refractivity contribution in [3.05, 3.63) is 29.5 Å². The highest BCUT2D eigenvalue weighted by molar-refractivity contribution is 5.92. The molecule has 4 aromatic heterocycles. The van der Waals surface area contributed by atoms with Gasteiger partial charge in [0.25, 0.3) is 0 Å². The molecule has 1 aliphatic heterocycles. The lowest BCUT2D eigenvalue weighted by molar-refractivity contribution is -0.135. The highest BCUT2D eigenvalue weighted by Gasteiger charge is 2.40. The van der Waals surface area contributed by atoms with Crippen LogP contribution in [0.15, 0.2) is 17.4 Å². The Balaban J connectivity index is 1.56. The Hall–Kier alpha value is -3.97. The third kappa shape index (κ3) is 4.05. The molecule has 2 N–H and O–H groups in total. The molecule has 0 aromatic carbocycles. The normalized spacial score (nSPS) is 17.4. The summed E-state index contributed by atoms with van der Waals surface area (Å²) in [5, 5.41) is 13.3. The maximum absolute atomic E-state index is 12.7. The molecule has 0 saturated heterocycles. The van der Waals surface area contributed by atoms with Gasteiger partial charge in [0.2, 0.25) is 0 Å². The van der Waals surface area contributed by atoms with Crippen LogP contribution in [0, 0.1) is 0 Å². The summed E-state index contributed by atoms with van der Waals surface area (Å²) >= 11 is 0. The molecule has 0 fully saturated rings. The number of aromatic nitrogens is 9. The molecular weight excluding hydrogens is 475 g/mol. The Bertz CT molecular complexity index is 1480. The van der Waals surface area contributed by atoms with Gasteiger partial charge in [-0.15, -0.1) is 5.10 Å². The minimum Gasteiger partial charge on any atom is -0.383 e. The summed E-state index contributed by atoms with van der Waals surface area (Å²) in [6.45, 7) is 5.91.